The van der Waals surface area contributed by atoms with Gasteiger partial charge in [-0.1, -0.05) is 20.3 Å². The Morgan fingerprint density at radius 1 is 1.43 bits per heavy atom. The van der Waals surface area contributed by atoms with Crippen LogP contribution < -0.4 is 15.4 Å². The molecule has 0 heterocycles. The normalized spacial score (nSPS) is 15.0. The van der Waals surface area contributed by atoms with Crippen molar-refractivity contribution in [2.75, 3.05) is 11.9 Å². The van der Waals surface area contributed by atoms with Crippen molar-refractivity contribution in [2.45, 2.75) is 39.4 Å². The number of anilines is 1. The van der Waals surface area contributed by atoms with Crippen LogP contribution in [0.4, 0.5) is 23.7 Å². The number of alkyl halides is 2. The maximum atomic E-state index is 13.5. The molecule has 0 saturated heterocycles. The zero-order valence-electron chi connectivity index (χ0n) is 13.2. The van der Waals surface area contributed by atoms with Crippen LogP contribution >= 0.6 is 0 Å². The Balaban J connectivity index is 2.59. The molecular formula is C15H21F3N2O3. The molecule has 2 atom stereocenters. The highest BCUT2D eigenvalue weighted by molar-refractivity contribution is 5.89. The van der Waals surface area contributed by atoms with Crippen LogP contribution in [0.25, 0.3) is 0 Å². The van der Waals surface area contributed by atoms with Crippen molar-refractivity contribution in [3.63, 3.8) is 0 Å². The van der Waals surface area contributed by atoms with Crippen molar-refractivity contribution in [3.8, 4) is 5.75 Å². The Morgan fingerprint density at radius 2 is 2.09 bits per heavy atom. The second kappa shape index (κ2) is 8.05. The number of hydrogen-bond acceptors (Lipinski definition) is 3. The van der Waals surface area contributed by atoms with Crippen LogP contribution in [-0.4, -0.2) is 29.9 Å². The highest BCUT2D eigenvalue weighted by atomic mass is 19.3. The minimum Gasteiger partial charge on any atom is -0.432 e. The zero-order valence-corrected chi connectivity index (χ0v) is 13.2. The van der Waals surface area contributed by atoms with Gasteiger partial charge in [-0.3, -0.25) is 0 Å². The third-order valence-electron chi connectivity index (χ3n) is 3.69. The van der Waals surface area contributed by atoms with Crippen molar-refractivity contribution in [3.05, 3.63) is 24.0 Å². The van der Waals surface area contributed by atoms with Gasteiger partial charge in [0.2, 0.25) is 0 Å². The molecule has 0 saturated carbocycles. The molecule has 0 aromatic heterocycles. The second-order valence-corrected chi connectivity index (χ2v) is 5.50. The van der Waals surface area contributed by atoms with Gasteiger partial charge in [-0.25, -0.2) is 9.18 Å². The molecule has 0 radical (unpaired) electrons. The topological polar surface area (TPSA) is 70.6 Å². The fourth-order valence-electron chi connectivity index (χ4n) is 1.82. The third kappa shape index (κ3) is 5.97. The van der Waals surface area contributed by atoms with E-state index < -0.39 is 29.8 Å². The molecule has 3 N–H and O–H groups in total. The van der Waals surface area contributed by atoms with Crippen LogP contribution in [0.15, 0.2) is 18.2 Å². The predicted molar refractivity (Wildman–Crippen MR) is 80.1 cm³/mol. The van der Waals surface area contributed by atoms with Gasteiger partial charge in [0.15, 0.2) is 11.6 Å². The molecule has 1 rings (SSSR count). The maximum Gasteiger partial charge on any atom is 0.387 e. The number of carbonyl (C=O) groups excluding carboxylic acids is 1. The fourth-order valence-corrected chi connectivity index (χ4v) is 1.82. The molecular weight excluding hydrogens is 313 g/mol. The first kappa shape index (κ1) is 19.1. The minimum atomic E-state index is -3.13. The molecule has 0 spiro atoms. The summed E-state index contributed by atoms with van der Waals surface area (Å²) in [6, 6.07) is 2.44. The van der Waals surface area contributed by atoms with E-state index in [-0.39, 0.29) is 18.2 Å². The van der Waals surface area contributed by atoms with E-state index in [2.05, 4.69) is 15.4 Å². The van der Waals surface area contributed by atoms with Gasteiger partial charge in [0.05, 0.1) is 5.60 Å². The lowest BCUT2D eigenvalue weighted by atomic mass is 9.89. The molecule has 2 unspecified atom stereocenters. The van der Waals surface area contributed by atoms with Gasteiger partial charge >= 0.3 is 12.6 Å². The fraction of sp³-hybridized carbons (Fsp3) is 0.533. The van der Waals surface area contributed by atoms with Crippen molar-refractivity contribution in [2.24, 2.45) is 5.92 Å². The van der Waals surface area contributed by atoms with E-state index >= 15 is 0 Å². The predicted octanol–water partition coefficient (Wildman–Crippen LogP) is 3.35. The molecule has 1 aromatic carbocycles. The van der Waals surface area contributed by atoms with Gasteiger partial charge in [0.1, 0.15) is 0 Å². The Bertz CT molecular complexity index is 539. The Morgan fingerprint density at radius 3 is 2.61 bits per heavy atom. The van der Waals surface area contributed by atoms with E-state index in [1.165, 1.54) is 6.07 Å². The van der Waals surface area contributed by atoms with E-state index in [1.54, 1.807) is 6.92 Å². The van der Waals surface area contributed by atoms with Crippen LogP contribution in [0.2, 0.25) is 0 Å². The van der Waals surface area contributed by atoms with Gasteiger partial charge in [0, 0.05) is 18.3 Å². The van der Waals surface area contributed by atoms with E-state index in [1.807, 2.05) is 13.8 Å². The Kier molecular flexibility index (Phi) is 6.68. The van der Waals surface area contributed by atoms with Gasteiger partial charge in [-0.15, -0.1) is 0 Å². The summed E-state index contributed by atoms with van der Waals surface area (Å²) in [5.41, 5.74) is -1.00. The summed E-state index contributed by atoms with van der Waals surface area (Å²) >= 11 is 0. The molecule has 0 aliphatic carbocycles. The summed E-state index contributed by atoms with van der Waals surface area (Å²) in [5.74, 6) is -1.65. The van der Waals surface area contributed by atoms with Gasteiger partial charge in [-0.2, -0.15) is 8.78 Å². The molecule has 23 heavy (non-hydrogen) atoms. The van der Waals surface area contributed by atoms with Crippen LogP contribution in [0.5, 0.6) is 5.75 Å². The summed E-state index contributed by atoms with van der Waals surface area (Å²) in [7, 11) is 0. The highest BCUT2D eigenvalue weighted by Gasteiger charge is 2.27. The molecule has 8 heteroatoms. The van der Waals surface area contributed by atoms with Crippen LogP contribution in [-0.2, 0) is 0 Å². The Labute approximate surface area is 132 Å². The van der Waals surface area contributed by atoms with Crippen molar-refractivity contribution < 1.29 is 27.8 Å². The number of rotatable bonds is 7. The first-order chi connectivity index (χ1) is 10.7. The Hall–Kier alpha value is -1.96. The van der Waals surface area contributed by atoms with Gasteiger partial charge < -0.3 is 20.5 Å². The number of halogens is 3. The van der Waals surface area contributed by atoms with E-state index in [0.717, 1.165) is 18.6 Å². The third-order valence-corrected chi connectivity index (χ3v) is 3.69. The lowest BCUT2D eigenvalue weighted by Gasteiger charge is -2.29. The van der Waals surface area contributed by atoms with Gasteiger partial charge in [0.25, 0.3) is 0 Å². The monoisotopic (exact) mass is 334 g/mol. The number of urea groups is 1. The van der Waals surface area contributed by atoms with Crippen molar-refractivity contribution >= 4 is 11.7 Å². The number of benzene rings is 1. The maximum absolute atomic E-state index is 13.5. The summed E-state index contributed by atoms with van der Waals surface area (Å²) in [4.78, 5) is 11.7. The molecule has 0 aliphatic heterocycles. The average molecular weight is 334 g/mol. The molecule has 130 valence electrons. The van der Waals surface area contributed by atoms with Crippen LogP contribution in [0.1, 0.15) is 27.2 Å². The lowest BCUT2D eigenvalue weighted by molar-refractivity contribution is -0.0521. The highest BCUT2D eigenvalue weighted by Crippen LogP contribution is 2.23. The quantitative estimate of drug-likeness (QED) is 0.716. The van der Waals surface area contributed by atoms with Crippen LogP contribution in [0, 0.1) is 11.7 Å². The van der Waals surface area contributed by atoms with Crippen molar-refractivity contribution in [1.29, 1.82) is 0 Å². The average Bonchev–Trinajstić information content (AvgIpc) is 2.47. The molecule has 1 aromatic rings. The number of ether oxygens (including phenoxy) is 1. The molecule has 0 bridgehead atoms. The number of aliphatic hydroxyl groups is 1. The number of carbonyl (C=O) groups is 1. The summed E-state index contributed by atoms with van der Waals surface area (Å²) in [6.07, 6.45) is 0.743. The molecule has 5 nitrogen and oxygen atoms in total. The first-order valence-corrected chi connectivity index (χ1v) is 7.17. The number of nitrogens with one attached hydrogen (secondary N) is 2. The van der Waals surface area contributed by atoms with E-state index in [9.17, 15) is 23.1 Å². The standard InChI is InChI=1S/C15H21F3N2O3/c1-4-9(2)15(3,22)8-19-14(21)20-10-5-6-12(11(16)7-10)23-13(17)18/h5-7,9,13,22H,4,8H2,1-3H3,(H2,19,20,21). The van der Waals surface area contributed by atoms with Gasteiger partial charge in [-0.05, 0) is 25.0 Å². The van der Waals surface area contributed by atoms with Crippen LogP contribution in [0.3, 0.4) is 0 Å². The summed E-state index contributed by atoms with van der Waals surface area (Å²) < 4.78 is 41.5. The summed E-state index contributed by atoms with van der Waals surface area (Å²) in [5, 5.41) is 15.0. The van der Waals surface area contributed by atoms with E-state index in [0.29, 0.717) is 0 Å². The lowest BCUT2D eigenvalue weighted by Crippen LogP contribution is -2.46. The molecule has 2 amide bonds. The van der Waals surface area contributed by atoms with E-state index in [4.69, 9.17) is 0 Å². The largest absolute Gasteiger partial charge is 0.432 e. The zero-order chi connectivity index (χ0) is 17.6. The first-order valence-electron chi connectivity index (χ1n) is 7.17. The smallest absolute Gasteiger partial charge is 0.387 e. The minimum absolute atomic E-state index is 0.0168. The number of hydrogen-bond donors (Lipinski definition) is 3. The molecule has 0 aliphatic rings. The van der Waals surface area contributed by atoms with Crippen molar-refractivity contribution in [1.82, 2.24) is 5.32 Å². The SMILES string of the molecule is CCC(C)C(C)(O)CNC(=O)Nc1ccc(OC(F)F)c(F)c1. The molecule has 0 fully saturated rings. The number of amides is 2. The summed E-state index contributed by atoms with van der Waals surface area (Å²) in [6.45, 7) is 2.27. The second-order valence-electron chi connectivity index (χ2n) is 5.50.